The van der Waals surface area contributed by atoms with Gasteiger partial charge in [-0.2, -0.15) is 0 Å². The lowest BCUT2D eigenvalue weighted by atomic mass is 10.1. The zero-order chi connectivity index (χ0) is 16.9. The van der Waals surface area contributed by atoms with Crippen LogP contribution in [-0.4, -0.2) is 25.0 Å². The molecule has 24 heavy (non-hydrogen) atoms. The molecule has 1 aliphatic rings. The Bertz CT molecular complexity index is 773. The first-order chi connectivity index (χ1) is 11.6. The highest BCUT2D eigenvalue weighted by Crippen LogP contribution is 2.31. The molecule has 6 heteroatoms. The molecule has 2 aromatic carbocycles. The van der Waals surface area contributed by atoms with Crippen molar-refractivity contribution in [3.8, 4) is 11.5 Å². The normalized spacial score (nSPS) is 12.5. The molecule has 0 fully saturated rings. The minimum Gasteiger partial charge on any atom is -0.486 e. The number of amides is 2. The van der Waals surface area contributed by atoms with Crippen molar-refractivity contribution in [2.75, 3.05) is 18.5 Å². The Labute approximate surface area is 139 Å². The summed E-state index contributed by atoms with van der Waals surface area (Å²) in [5, 5.41) is 2.77. The Kier molecular flexibility index (Phi) is 4.65. The van der Waals surface area contributed by atoms with E-state index < -0.39 is 5.91 Å². The second-order valence-electron chi connectivity index (χ2n) is 5.47. The van der Waals surface area contributed by atoms with Crippen LogP contribution in [0.25, 0.3) is 0 Å². The van der Waals surface area contributed by atoms with Gasteiger partial charge in [0.15, 0.2) is 11.5 Å². The molecule has 0 saturated carbocycles. The quantitative estimate of drug-likeness (QED) is 0.880. The van der Waals surface area contributed by atoms with E-state index in [0.29, 0.717) is 43.1 Å². The first kappa shape index (κ1) is 15.9. The number of primary amides is 1. The van der Waals surface area contributed by atoms with Gasteiger partial charge in [-0.05, 0) is 42.3 Å². The predicted octanol–water partition coefficient (Wildman–Crippen LogP) is 2.13. The van der Waals surface area contributed by atoms with Gasteiger partial charge in [0.25, 0.3) is 0 Å². The second kappa shape index (κ2) is 7.04. The van der Waals surface area contributed by atoms with Crippen LogP contribution < -0.4 is 20.5 Å². The average Bonchev–Trinajstić information content (AvgIpc) is 2.60. The predicted molar refractivity (Wildman–Crippen MR) is 89.3 cm³/mol. The lowest BCUT2D eigenvalue weighted by molar-refractivity contribution is -0.116. The molecule has 1 aliphatic heterocycles. The van der Waals surface area contributed by atoms with Crippen molar-refractivity contribution in [3.05, 3.63) is 53.6 Å². The summed E-state index contributed by atoms with van der Waals surface area (Å²) in [6, 6.07) is 12.2. The molecule has 3 rings (SSSR count). The summed E-state index contributed by atoms with van der Waals surface area (Å²) in [4.78, 5) is 23.2. The van der Waals surface area contributed by atoms with Crippen molar-refractivity contribution in [2.45, 2.75) is 12.8 Å². The van der Waals surface area contributed by atoms with Crippen LogP contribution in [0.4, 0.5) is 5.69 Å². The van der Waals surface area contributed by atoms with Crippen molar-refractivity contribution in [1.29, 1.82) is 0 Å². The number of hydrogen-bond donors (Lipinski definition) is 2. The van der Waals surface area contributed by atoms with Crippen molar-refractivity contribution >= 4 is 17.5 Å². The number of benzene rings is 2. The molecule has 124 valence electrons. The van der Waals surface area contributed by atoms with Gasteiger partial charge in [-0.15, -0.1) is 0 Å². The highest BCUT2D eigenvalue weighted by atomic mass is 16.6. The number of ether oxygens (including phenoxy) is 2. The van der Waals surface area contributed by atoms with Gasteiger partial charge in [0, 0.05) is 17.7 Å². The maximum atomic E-state index is 12.1. The van der Waals surface area contributed by atoms with E-state index in [1.54, 1.807) is 24.3 Å². The number of carbonyl (C=O) groups is 2. The van der Waals surface area contributed by atoms with E-state index >= 15 is 0 Å². The summed E-state index contributed by atoms with van der Waals surface area (Å²) in [6.07, 6.45) is 0.901. The summed E-state index contributed by atoms with van der Waals surface area (Å²) >= 11 is 0. The van der Waals surface area contributed by atoms with Gasteiger partial charge >= 0.3 is 0 Å². The lowest BCUT2D eigenvalue weighted by Crippen LogP contribution is -2.16. The zero-order valence-corrected chi connectivity index (χ0v) is 13.1. The van der Waals surface area contributed by atoms with E-state index in [0.717, 1.165) is 11.3 Å². The van der Waals surface area contributed by atoms with Crippen LogP contribution >= 0.6 is 0 Å². The molecule has 0 radical (unpaired) electrons. The monoisotopic (exact) mass is 326 g/mol. The summed E-state index contributed by atoms with van der Waals surface area (Å²) < 4.78 is 11.0. The van der Waals surface area contributed by atoms with Crippen LogP contribution in [0, 0.1) is 0 Å². The molecule has 0 atom stereocenters. The zero-order valence-electron chi connectivity index (χ0n) is 13.1. The van der Waals surface area contributed by atoms with Gasteiger partial charge in [-0.1, -0.05) is 12.1 Å². The summed E-state index contributed by atoms with van der Waals surface area (Å²) in [6.45, 7) is 1.09. The Morgan fingerprint density at radius 2 is 1.83 bits per heavy atom. The molecule has 1 heterocycles. The molecule has 0 aromatic heterocycles. The third kappa shape index (κ3) is 3.84. The van der Waals surface area contributed by atoms with E-state index in [9.17, 15) is 9.59 Å². The highest BCUT2D eigenvalue weighted by Gasteiger charge is 2.12. The number of anilines is 1. The van der Waals surface area contributed by atoms with E-state index in [4.69, 9.17) is 15.2 Å². The minimum absolute atomic E-state index is 0.133. The topological polar surface area (TPSA) is 90.7 Å². The first-order valence-electron chi connectivity index (χ1n) is 7.70. The maximum Gasteiger partial charge on any atom is 0.248 e. The second-order valence-corrected chi connectivity index (χ2v) is 5.47. The third-order valence-electron chi connectivity index (χ3n) is 3.68. The number of fused-ring (bicyclic) bond motifs is 1. The number of nitrogens with one attached hydrogen (secondary N) is 1. The van der Waals surface area contributed by atoms with Crippen LogP contribution in [0.1, 0.15) is 22.3 Å². The number of carbonyl (C=O) groups excluding carboxylic acids is 2. The van der Waals surface area contributed by atoms with Gasteiger partial charge in [0.1, 0.15) is 13.2 Å². The molecule has 0 aliphatic carbocycles. The molecule has 0 saturated heterocycles. The first-order valence-corrected chi connectivity index (χ1v) is 7.70. The molecule has 2 aromatic rings. The van der Waals surface area contributed by atoms with E-state index in [-0.39, 0.29) is 5.91 Å². The highest BCUT2D eigenvalue weighted by molar-refractivity contribution is 5.96. The molecule has 3 N–H and O–H groups in total. The summed E-state index contributed by atoms with van der Waals surface area (Å²) in [7, 11) is 0. The molecular formula is C18H18N2O4. The fraction of sp³-hybridized carbons (Fsp3) is 0.222. The minimum atomic E-state index is -0.526. The number of aryl methyl sites for hydroxylation is 1. The smallest absolute Gasteiger partial charge is 0.248 e. The Morgan fingerprint density at radius 1 is 1.04 bits per heavy atom. The summed E-state index contributed by atoms with van der Waals surface area (Å²) in [5.41, 5.74) is 7.15. The molecule has 6 nitrogen and oxygen atoms in total. The molecule has 2 amide bonds. The maximum absolute atomic E-state index is 12.1. The molecular weight excluding hydrogens is 308 g/mol. The third-order valence-corrected chi connectivity index (χ3v) is 3.68. The van der Waals surface area contributed by atoms with Gasteiger partial charge in [-0.3, -0.25) is 9.59 Å². The standard InChI is InChI=1S/C18H18N2O4/c19-18(22)13-2-1-3-14(11-13)20-17(21)7-5-12-4-6-15-16(10-12)24-9-8-23-15/h1-4,6,10-11H,5,7-9H2,(H2,19,22)(H,20,21). The molecule has 0 spiro atoms. The van der Waals surface area contributed by atoms with Crippen molar-refractivity contribution in [2.24, 2.45) is 5.73 Å². The molecule has 0 unspecified atom stereocenters. The van der Waals surface area contributed by atoms with Crippen LogP contribution in [0.3, 0.4) is 0 Å². The van der Waals surface area contributed by atoms with Crippen LogP contribution in [-0.2, 0) is 11.2 Å². The lowest BCUT2D eigenvalue weighted by Gasteiger charge is -2.18. The van der Waals surface area contributed by atoms with E-state index in [1.807, 2.05) is 18.2 Å². The van der Waals surface area contributed by atoms with Crippen LogP contribution in [0.5, 0.6) is 11.5 Å². The van der Waals surface area contributed by atoms with E-state index in [1.165, 1.54) is 0 Å². The van der Waals surface area contributed by atoms with E-state index in [2.05, 4.69) is 5.32 Å². The Morgan fingerprint density at radius 3 is 2.62 bits per heavy atom. The Hall–Kier alpha value is -3.02. The van der Waals surface area contributed by atoms with Crippen molar-refractivity contribution < 1.29 is 19.1 Å². The van der Waals surface area contributed by atoms with Gasteiger partial charge in [-0.25, -0.2) is 0 Å². The number of hydrogen-bond acceptors (Lipinski definition) is 4. The number of nitrogens with two attached hydrogens (primary N) is 1. The fourth-order valence-corrected chi connectivity index (χ4v) is 2.47. The summed E-state index contributed by atoms with van der Waals surface area (Å²) in [5.74, 6) is 0.792. The SMILES string of the molecule is NC(=O)c1cccc(NC(=O)CCc2ccc3c(c2)OCCO3)c1. The van der Waals surface area contributed by atoms with Gasteiger partial charge < -0.3 is 20.5 Å². The van der Waals surface area contributed by atoms with Crippen molar-refractivity contribution in [1.82, 2.24) is 0 Å². The van der Waals surface area contributed by atoms with Crippen molar-refractivity contribution in [3.63, 3.8) is 0 Å². The Balaban J connectivity index is 1.57. The largest absolute Gasteiger partial charge is 0.486 e. The van der Waals surface area contributed by atoms with Crippen LogP contribution in [0.2, 0.25) is 0 Å². The number of rotatable bonds is 5. The average molecular weight is 326 g/mol. The van der Waals surface area contributed by atoms with Gasteiger partial charge in [0.05, 0.1) is 0 Å². The van der Waals surface area contributed by atoms with Crippen LogP contribution in [0.15, 0.2) is 42.5 Å². The van der Waals surface area contributed by atoms with Gasteiger partial charge in [0.2, 0.25) is 11.8 Å². The fourth-order valence-electron chi connectivity index (χ4n) is 2.47. The molecule has 0 bridgehead atoms.